The lowest BCUT2D eigenvalue weighted by Gasteiger charge is -2.14. The smallest absolute Gasteiger partial charge is 0.407 e. The van der Waals surface area contributed by atoms with Crippen LogP contribution in [0.2, 0.25) is 0 Å². The Hall–Kier alpha value is -2.73. The minimum Gasteiger partial charge on any atom is -0.449 e. The summed E-state index contributed by atoms with van der Waals surface area (Å²) in [6, 6.07) is 16.6. The molecule has 1 amide bonds. The van der Waals surface area contributed by atoms with E-state index in [0.29, 0.717) is 152 Å². The zero-order valence-electron chi connectivity index (χ0n) is 30.5. The zero-order valence-corrected chi connectivity index (χ0v) is 30.5. The summed E-state index contributed by atoms with van der Waals surface area (Å²) in [6.07, 6.45) is 0.267. The Morgan fingerprint density at radius 2 is 0.808 bits per heavy atom. The second kappa shape index (κ2) is 30.7. The summed E-state index contributed by atoms with van der Waals surface area (Å²) in [7, 11) is 0. The van der Waals surface area contributed by atoms with Gasteiger partial charge in [0.1, 0.15) is 6.61 Å². The van der Waals surface area contributed by atoms with Crippen LogP contribution in [-0.2, 0) is 52.1 Å². The molecule has 2 N–H and O–H groups in total. The van der Waals surface area contributed by atoms with Gasteiger partial charge in [0.05, 0.1) is 132 Å². The predicted molar refractivity (Wildman–Crippen MR) is 193 cm³/mol. The van der Waals surface area contributed by atoms with E-state index in [-0.39, 0.29) is 12.5 Å². The maximum atomic E-state index is 12.3. The fourth-order valence-corrected chi connectivity index (χ4v) is 5.16. The quantitative estimate of drug-likeness (QED) is 0.0999. The van der Waals surface area contributed by atoms with Gasteiger partial charge in [-0.05, 0) is 28.7 Å². The number of alkyl carbamates (subject to hydrolysis) is 1. The first kappa shape index (κ1) is 43.7. The highest BCUT2D eigenvalue weighted by Gasteiger charge is 2.28. The number of aliphatic hydroxyl groups excluding tert-OH is 1. The number of ether oxygens (including phenoxy) is 11. The van der Waals surface area contributed by atoms with Gasteiger partial charge in [-0.25, -0.2) is 4.79 Å². The molecule has 0 saturated carbocycles. The van der Waals surface area contributed by atoms with E-state index in [4.69, 9.17) is 57.2 Å². The van der Waals surface area contributed by atoms with E-state index in [1.54, 1.807) is 0 Å². The first-order valence-corrected chi connectivity index (χ1v) is 18.3. The number of aliphatic hydroxyl groups is 1. The van der Waals surface area contributed by atoms with Crippen molar-refractivity contribution in [3.8, 4) is 11.1 Å². The molecule has 0 heterocycles. The van der Waals surface area contributed by atoms with Crippen molar-refractivity contribution in [2.24, 2.45) is 0 Å². The Morgan fingerprint density at radius 1 is 0.481 bits per heavy atom. The fraction of sp³-hybridized carbons (Fsp3) is 0.658. The van der Waals surface area contributed by atoms with Crippen molar-refractivity contribution < 1.29 is 62.0 Å². The number of carbonyl (C=O) groups is 1. The highest BCUT2D eigenvalue weighted by Crippen LogP contribution is 2.44. The standard InChI is InChI=1S/C38H59NO13/c40-11-13-43-15-17-45-19-21-47-23-25-49-27-29-51-31-30-50-28-26-48-24-22-46-20-18-44-16-14-42-12-5-10-39-38(41)52-32-37-35-8-3-1-6-33(35)34-7-2-4-9-36(34)37/h1-4,6-9,37,40H,5,10-32H2,(H,39,41). The van der Waals surface area contributed by atoms with Crippen molar-refractivity contribution in [2.45, 2.75) is 12.3 Å². The van der Waals surface area contributed by atoms with Crippen molar-refractivity contribution in [3.63, 3.8) is 0 Å². The number of fused-ring (bicyclic) bond motifs is 3. The molecule has 2 aromatic rings. The Kier molecular flexibility index (Phi) is 25.8. The van der Waals surface area contributed by atoms with Gasteiger partial charge in [0.2, 0.25) is 0 Å². The average molecular weight is 738 g/mol. The number of hydrogen-bond acceptors (Lipinski definition) is 13. The maximum absolute atomic E-state index is 12.3. The van der Waals surface area contributed by atoms with Crippen LogP contribution in [0.4, 0.5) is 4.79 Å². The van der Waals surface area contributed by atoms with Gasteiger partial charge in [-0.15, -0.1) is 0 Å². The maximum Gasteiger partial charge on any atom is 0.407 e. The molecule has 0 aromatic heterocycles. The molecular formula is C38H59NO13. The molecule has 3 rings (SSSR count). The van der Waals surface area contributed by atoms with Gasteiger partial charge in [-0.1, -0.05) is 48.5 Å². The summed E-state index contributed by atoms with van der Waals surface area (Å²) in [5.74, 6) is 0.0489. The van der Waals surface area contributed by atoms with Crippen LogP contribution in [0.5, 0.6) is 0 Å². The molecule has 14 nitrogen and oxygen atoms in total. The van der Waals surface area contributed by atoms with E-state index in [1.165, 1.54) is 22.3 Å². The van der Waals surface area contributed by atoms with Gasteiger partial charge in [0, 0.05) is 19.1 Å². The normalized spacial score (nSPS) is 12.2. The minimum absolute atomic E-state index is 0.0211. The van der Waals surface area contributed by atoms with Gasteiger partial charge < -0.3 is 62.5 Å². The van der Waals surface area contributed by atoms with Gasteiger partial charge in [0.15, 0.2) is 0 Å². The largest absolute Gasteiger partial charge is 0.449 e. The third kappa shape index (κ3) is 19.9. The summed E-state index contributed by atoms with van der Waals surface area (Å²) in [4.78, 5) is 12.3. The number of benzene rings is 2. The van der Waals surface area contributed by atoms with Crippen LogP contribution >= 0.6 is 0 Å². The molecule has 0 aliphatic heterocycles. The van der Waals surface area contributed by atoms with Gasteiger partial charge in [-0.3, -0.25) is 0 Å². The molecule has 0 bridgehead atoms. The van der Waals surface area contributed by atoms with Crippen LogP contribution in [0.3, 0.4) is 0 Å². The Balaban J connectivity index is 0.958. The summed E-state index contributed by atoms with van der Waals surface area (Å²) in [5.41, 5.74) is 4.80. The average Bonchev–Trinajstić information content (AvgIpc) is 3.49. The molecule has 14 heteroatoms. The van der Waals surface area contributed by atoms with Crippen molar-refractivity contribution in [2.75, 3.05) is 152 Å². The van der Waals surface area contributed by atoms with E-state index in [1.807, 2.05) is 24.3 Å². The van der Waals surface area contributed by atoms with Gasteiger partial charge in [-0.2, -0.15) is 0 Å². The molecule has 294 valence electrons. The second-order valence-electron chi connectivity index (χ2n) is 11.5. The van der Waals surface area contributed by atoms with Crippen molar-refractivity contribution in [1.82, 2.24) is 5.32 Å². The molecule has 1 aliphatic carbocycles. The van der Waals surface area contributed by atoms with Gasteiger partial charge in [0.25, 0.3) is 0 Å². The molecule has 0 saturated heterocycles. The number of amides is 1. The van der Waals surface area contributed by atoms with E-state index in [0.717, 1.165) is 0 Å². The van der Waals surface area contributed by atoms with Crippen LogP contribution in [0, 0.1) is 0 Å². The number of hydrogen-bond donors (Lipinski definition) is 2. The lowest BCUT2D eigenvalue weighted by Crippen LogP contribution is -2.27. The van der Waals surface area contributed by atoms with Crippen molar-refractivity contribution in [3.05, 3.63) is 59.7 Å². The van der Waals surface area contributed by atoms with Crippen LogP contribution < -0.4 is 5.32 Å². The first-order valence-electron chi connectivity index (χ1n) is 18.3. The van der Waals surface area contributed by atoms with Gasteiger partial charge >= 0.3 is 6.09 Å². The van der Waals surface area contributed by atoms with E-state index >= 15 is 0 Å². The van der Waals surface area contributed by atoms with Crippen LogP contribution in [0.15, 0.2) is 48.5 Å². The molecule has 2 aromatic carbocycles. The SMILES string of the molecule is O=C(NCCCOCCOCCOCCOCCOCCOCCOCCOCCOCCOCCO)OCC1c2ccccc2-c2ccccc21. The van der Waals surface area contributed by atoms with Crippen LogP contribution in [0.1, 0.15) is 23.5 Å². The monoisotopic (exact) mass is 737 g/mol. The van der Waals surface area contributed by atoms with Crippen molar-refractivity contribution in [1.29, 1.82) is 0 Å². The number of rotatable bonds is 35. The highest BCUT2D eigenvalue weighted by molar-refractivity contribution is 5.79. The Bertz CT molecular complexity index is 1110. The Morgan fingerprint density at radius 3 is 1.17 bits per heavy atom. The summed E-state index contributed by atoms with van der Waals surface area (Å²) < 4.78 is 59.9. The number of nitrogens with one attached hydrogen (secondary N) is 1. The molecule has 52 heavy (non-hydrogen) atoms. The van der Waals surface area contributed by atoms with Crippen molar-refractivity contribution >= 4 is 6.09 Å². The topological polar surface area (TPSA) is 151 Å². The summed E-state index contributed by atoms with van der Waals surface area (Å²) in [5, 5.41) is 11.4. The van der Waals surface area contributed by atoms with E-state index < -0.39 is 6.09 Å². The third-order valence-corrected chi connectivity index (χ3v) is 7.66. The molecule has 0 atom stereocenters. The third-order valence-electron chi connectivity index (χ3n) is 7.66. The zero-order chi connectivity index (χ0) is 36.6. The minimum atomic E-state index is -0.416. The fourth-order valence-electron chi connectivity index (χ4n) is 5.16. The predicted octanol–water partition coefficient (Wildman–Crippen LogP) is 3.07. The van der Waals surface area contributed by atoms with E-state index in [9.17, 15) is 4.79 Å². The highest BCUT2D eigenvalue weighted by atomic mass is 16.6. The van der Waals surface area contributed by atoms with Crippen LogP contribution in [-0.4, -0.2) is 163 Å². The lowest BCUT2D eigenvalue weighted by molar-refractivity contribution is -0.0268. The molecule has 1 aliphatic rings. The molecule has 0 spiro atoms. The first-order chi connectivity index (χ1) is 25.8. The molecular weight excluding hydrogens is 678 g/mol. The molecule has 0 radical (unpaired) electrons. The van der Waals surface area contributed by atoms with Crippen LogP contribution in [0.25, 0.3) is 11.1 Å². The molecule has 0 fully saturated rings. The lowest BCUT2D eigenvalue weighted by atomic mass is 9.98. The van der Waals surface area contributed by atoms with E-state index in [2.05, 4.69) is 29.6 Å². The number of carbonyl (C=O) groups excluding carboxylic acids is 1. The summed E-state index contributed by atoms with van der Waals surface area (Å²) >= 11 is 0. The summed E-state index contributed by atoms with van der Waals surface area (Å²) in [6.45, 7) is 10.5. The molecule has 0 unspecified atom stereocenters. The second-order valence-corrected chi connectivity index (χ2v) is 11.5. The Labute approximate surface area is 308 Å².